The van der Waals surface area contributed by atoms with Crippen LogP contribution in [-0.2, 0) is 0 Å². The van der Waals surface area contributed by atoms with Gasteiger partial charge in [-0.3, -0.25) is 0 Å². The van der Waals surface area contributed by atoms with Gasteiger partial charge in [0.15, 0.2) is 0 Å². The Labute approximate surface area is 266 Å². The zero-order valence-corrected chi connectivity index (χ0v) is 29.6. The molecule has 0 aliphatic rings. The Morgan fingerprint density at radius 1 is 0.452 bits per heavy atom. The quantitative estimate of drug-likeness (QED) is 0.0749. The summed E-state index contributed by atoms with van der Waals surface area (Å²) in [5.74, 6) is 2.06. The largest absolute Gasteiger partial charge is 0.332 e. The van der Waals surface area contributed by atoms with Crippen LogP contribution in [0.1, 0.15) is 245 Å². The molecule has 0 spiro atoms. The van der Waals surface area contributed by atoms with Gasteiger partial charge in [0.1, 0.15) is 5.82 Å². The highest BCUT2D eigenvalue weighted by Crippen LogP contribution is 2.30. The number of hydrogen-bond donors (Lipinski definition) is 0. The minimum Gasteiger partial charge on any atom is -0.332 e. The summed E-state index contributed by atoms with van der Waals surface area (Å²) in [4.78, 5) is 4.97. The average molecular weight is 587 g/mol. The van der Waals surface area contributed by atoms with Gasteiger partial charge in [-0.1, -0.05) is 201 Å². The van der Waals surface area contributed by atoms with E-state index in [1.54, 1.807) is 0 Å². The highest BCUT2D eigenvalue weighted by Gasteiger charge is 2.19. The molecule has 2 heteroatoms. The van der Waals surface area contributed by atoms with Gasteiger partial charge < -0.3 is 4.57 Å². The fourth-order valence-corrected chi connectivity index (χ4v) is 6.87. The number of aromatic nitrogens is 2. The second-order valence-electron chi connectivity index (χ2n) is 13.9. The van der Waals surface area contributed by atoms with E-state index in [2.05, 4.69) is 44.7 Å². The Balaban J connectivity index is 2.28. The van der Waals surface area contributed by atoms with Crippen LogP contribution in [0, 0.1) is 0 Å². The van der Waals surface area contributed by atoms with E-state index < -0.39 is 0 Å². The first kappa shape index (κ1) is 39.2. The van der Waals surface area contributed by atoms with Crippen LogP contribution >= 0.6 is 0 Å². The SMILES string of the molecule is CCCCCCCCCCCCCCCC(CCCCCCCCCCCCCCC)c1nccn1C(C)CCCC. The standard InChI is InChI=1S/C40H78N2/c1-5-8-11-13-15-17-19-21-23-25-27-29-31-34-39(40-41-36-37-42(40)38(4)33-10-7-3)35-32-30-28-26-24-22-20-18-16-14-12-9-6-2/h36-39H,5-35H2,1-4H3. The summed E-state index contributed by atoms with van der Waals surface area (Å²) < 4.78 is 2.55. The molecule has 2 nitrogen and oxygen atoms in total. The van der Waals surface area contributed by atoms with Gasteiger partial charge in [0.05, 0.1) is 0 Å². The van der Waals surface area contributed by atoms with Crippen molar-refractivity contribution in [2.75, 3.05) is 0 Å². The minimum atomic E-state index is 0.586. The molecule has 1 unspecified atom stereocenters. The van der Waals surface area contributed by atoms with Crippen molar-refractivity contribution in [1.82, 2.24) is 9.55 Å². The van der Waals surface area contributed by atoms with Crippen molar-refractivity contribution in [2.45, 2.75) is 239 Å². The minimum absolute atomic E-state index is 0.586. The number of imidazole rings is 1. The molecule has 0 amide bonds. The Kier molecular flexibility index (Phi) is 28.3. The van der Waals surface area contributed by atoms with E-state index in [0.717, 1.165) is 0 Å². The maximum absolute atomic E-state index is 4.97. The molecule has 0 saturated carbocycles. The molecule has 0 bridgehead atoms. The van der Waals surface area contributed by atoms with E-state index in [1.165, 1.54) is 205 Å². The van der Waals surface area contributed by atoms with Crippen LogP contribution in [0.25, 0.3) is 0 Å². The lowest BCUT2D eigenvalue weighted by atomic mass is 9.92. The van der Waals surface area contributed by atoms with Crippen molar-refractivity contribution in [1.29, 1.82) is 0 Å². The topological polar surface area (TPSA) is 17.8 Å². The lowest BCUT2D eigenvalue weighted by Crippen LogP contribution is -2.13. The molecule has 1 aromatic heterocycles. The van der Waals surface area contributed by atoms with Crippen LogP contribution < -0.4 is 0 Å². The molecule has 0 N–H and O–H groups in total. The summed E-state index contributed by atoms with van der Waals surface area (Å²) in [5, 5.41) is 0. The zero-order valence-electron chi connectivity index (χ0n) is 29.6. The van der Waals surface area contributed by atoms with Crippen LogP contribution in [0.5, 0.6) is 0 Å². The van der Waals surface area contributed by atoms with E-state index in [9.17, 15) is 0 Å². The van der Waals surface area contributed by atoms with Gasteiger partial charge >= 0.3 is 0 Å². The molecule has 0 saturated heterocycles. The van der Waals surface area contributed by atoms with Crippen LogP contribution in [0.2, 0.25) is 0 Å². The molecule has 1 heterocycles. The van der Waals surface area contributed by atoms with Crippen molar-refractivity contribution >= 4 is 0 Å². The molecule has 0 aliphatic heterocycles. The smallest absolute Gasteiger partial charge is 0.111 e. The monoisotopic (exact) mass is 587 g/mol. The molecular weight excluding hydrogens is 508 g/mol. The fourth-order valence-electron chi connectivity index (χ4n) is 6.87. The second-order valence-corrected chi connectivity index (χ2v) is 13.9. The summed E-state index contributed by atoms with van der Waals surface area (Å²) in [7, 11) is 0. The molecular formula is C40H78N2. The van der Waals surface area contributed by atoms with Gasteiger partial charge in [0, 0.05) is 24.4 Å². The van der Waals surface area contributed by atoms with Crippen molar-refractivity contribution in [3.63, 3.8) is 0 Å². The molecule has 0 radical (unpaired) electrons. The van der Waals surface area contributed by atoms with Gasteiger partial charge in [-0.25, -0.2) is 4.98 Å². The molecule has 1 rings (SSSR count). The highest BCUT2D eigenvalue weighted by molar-refractivity contribution is 5.02. The van der Waals surface area contributed by atoms with Crippen LogP contribution in [0.4, 0.5) is 0 Å². The lowest BCUT2D eigenvalue weighted by Gasteiger charge is -2.22. The van der Waals surface area contributed by atoms with Crippen molar-refractivity contribution in [2.24, 2.45) is 0 Å². The maximum Gasteiger partial charge on any atom is 0.111 e. The normalized spacial score (nSPS) is 12.5. The predicted octanol–water partition coefficient (Wildman–Crippen LogP) is 14.7. The summed E-state index contributed by atoms with van der Waals surface area (Å²) in [6, 6.07) is 0.586. The Hall–Kier alpha value is -0.790. The summed E-state index contributed by atoms with van der Waals surface area (Å²) >= 11 is 0. The Morgan fingerprint density at radius 2 is 0.786 bits per heavy atom. The summed E-state index contributed by atoms with van der Waals surface area (Å²) in [6.45, 7) is 9.34. The van der Waals surface area contributed by atoms with Crippen LogP contribution in [-0.4, -0.2) is 9.55 Å². The van der Waals surface area contributed by atoms with Crippen LogP contribution in [0.15, 0.2) is 12.4 Å². The lowest BCUT2D eigenvalue weighted by molar-refractivity contribution is 0.416. The van der Waals surface area contributed by atoms with E-state index in [0.29, 0.717) is 12.0 Å². The first-order valence-corrected chi connectivity index (χ1v) is 19.8. The summed E-state index contributed by atoms with van der Waals surface area (Å²) in [5.41, 5.74) is 0. The third-order valence-corrected chi connectivity index (χ3v) is 9.83. The summed E-state index contributed by atoms with van der Waals surface area (Å²) in [6.07, 6.45) is 48.3. The van der Waals surface area contributed by atoms with E-state index in [-0.39, 0.29) is 0 Å². The van der Waals surface area contributed by atoms with E-state index >= 15 is 0 Å². The van der Waals surface area contributed by atoms with E-state index in [4.69, 9.17) is 4.98 Å². The van der Waals surface area contributed by atoms with Crippen molar-refractivity contribution in [3.05, 3.63) is 18.2 Å². The first-order valence-electron chi connectivity index (χ1n) is 19.8. The molecule has 42 heavy (non-hydrogen) atoms. The molecule has 248 valence electrons. The highest BCUT2D eigenvalue weighted by atomic mass is 15.1. The number of unbranched alkanes of at least 4 members (excludes halogenated alkanes) is 25. The van der Waals surface area contributed by atoms with Gasteiger partial charge in [-0.15, -0.1) is 0 Å². The van der Waals surface area contributed by atoms with Gasteiger partial charge in [-0.2, -0.15) is 0 Å². The average Bonchev–Trinajstić information content (AvgIpc) is 3.49. The first-order chi connectivity index (χ1) is 20.7. The molecule has 0 fully saturated rings. The van der Waals surface area contributed by atoms with Gasteiger partial charge in [-0.05, 0) is 26.2 Å². The zero-order chi connectivity index (χ0) is 30.4. The van der Waals surface area contributed by atoms with Crippen molar-refractivity contribution < 1.29 is 0 Å². The van der Waals surface area contributed by atoms with Crippen LogP contribution in [0.3, 0.4) is 0 Å². The molecule has 1 atom stereocenters. The predicted molar refractivity (Wildman–Crippen MR) is 190 cm³/mol. The van der Waals surface area contributed by atoms with E-state index in [1.807, 2.05) is 0 Å². The molecule has 0 aliphatic carbocycles. The Bertz CT molecular complexity index is 620. The van der Waals surface area contributed by atoms with Crippen molar-refractivity contribution in [3.8, 4) is 0 Å². The van der Waals surface area contributed by atoms with Gasteiger partial charge in [0.25, 0.3) is 0 Å². The third-order valence-electron chi connectivity index (χ3n) is 9.83. The molecule has 1 aromatic rings. The number of hydrogen-bond acceptors (Lipinski definition) is 1. The van der Waals surface area contributed by atoms with Gasteiger partial charge in [0.2, 0.25) is 0 Å². The Morgan fingerprint density at radius 3 is 1.14 bits per heavy atom. The second kappa shape index (κ2) is 30.2. The maximum atomic E-state index is 4.97. The molecule has 0 aromatic carbocycles. The number of rotatable bonds is 33. The third kappa shape index (κ3) is 21.8. The number of nitrogens with zero attached hydrogens (tertiary/aromatic N) is 2. The fraction of sp³-hybridized carbons (Fsp3) is 0.925.